The molecule has 0 aliphatic heterocycles. The Bertz CT molecular complexity index is 409. The number of amides is 1. The van der Waals surface area contributed by atoms with Crippen LogP contribution in [-0.4, -0.2) is 25.1 Å². The highest BCUT2D eigenvalue weighted by molar-refractivity contribution is 5.75. The predicted octanol–water partition coefficient (Wildman–Crippen LogP) is 2.62. The van der Waals surface area contributed by atoms with Gasteiger partial charge in [-0.05, 0) is 50.6 Å². The molecule has 0 aliphatic carbocycles. The second-order valence-corrected chi connectivity index (χ2v) is 5.14. The summed E-state index contributed by atoms with van der Waals surface area (Å²) in [5.74, 6) is 0.343. The lowest BCUT2D eigenvalue weighted by Crippen LogP contribution is -2.33. The number of nitrogens with one attached hydrogen (secondary N) is 1. The molecule has 5 heteroatoms. The Morgan fingerprint density at radius 1 is 1.24 bits per heavy atom. The molecule has 4 nitrogen and oxygen atoms in total. The molecule has 1 atom stereocenters. The van der Waals surface area contributed by atoms with E-state index in [0.29, 0.717) is 25.3 Å². The van der Waals surface area contributed by atoms with Gasteiger partial charge in [-0.3, -0.25) is 4.79 Å². The van der Waals surface area contributed by atoms with Gasteiger partial charge >= 0.3 is 0 Å². The quantitative estimate of drug-likeness (QED) is 0.652. The van der Waals surface area contributed by atoms with Crippen molar-refractivity contribution in [2.24, 2.45) is 5.73 Å². The van der Waals surface area contributed by atoms with E-state index in [2.05, 4.69) is 5.32 Å². The van der Waals surface area contributed by atoms with Crippen LogP contribution in [0.4, 0.5) is 4.39 Å². The molecule has 0 aliphatic rings. The minimum absolute atomic E-state index is 0.0392. The van der Waals surface area contributed by atoms with E-state index in [1.54, 1.807) is 12.1 Å². The predicted molar refractivity (Wildman–Crippen MR) is 81.6 cm³/mol. The first-order chi connectivity index (χ1) is 10.1. The first-order valence-corrected chi connectivity index (χ1v) is 7.51. The Kier molecular flexibility index (Phi) is 8.43. The minimum atomic E-state index is -0.294. The summed E-state index contributed by atoms with van der Waals surface area (Å²) in [6.45, 7) is 3.02. The number of halogens is 1. The van der Waals surface area contributed by atoms with Gasteiger partial charge in [0.2, 0.25) is 5.91 Å². The number of unbranched alkanes of at least 4 members (excludes halogenated alkanes) is 3. The topological polar surface area (TPSA) is 64.4 Å². The normalized spacial score (nSPS) is 12.0. The van der Waals surface area contributed by atoms with Crippen LogP contribution in [0, 0.1) is 5.82 Å². The van der Waals surface area contributed by atoms with Crippen LogP contribution in [0.1, 0.15) is 39.0 Å². The number of hydrogen-bond donors (Lipinski definition) is 2. The molecule has 1 rings (SSSR count). The Balaban J connectivity index is 2.13. The van der Waals surface area contributed by atoms with Gasteiger partial charge in [-0.15, -0.1) is 0 Å². The standard InChI is InChI=1S/C16H25FN2O2/c1-13(21-15-9-7-14(17)8-10-15)12-19-16(20)6-4-2-3-5-11-18/h7-10,13H,2-6,11-12,18H2,1H3,(H,19,20). The molecule has 1 aromatic rings. The third kappa shape index (κ3) is 8.30. The zero-order chi connectivity index (χ0) is 15.5. The average Bonchev–Trinajstić information content (AvgIpc) is 2.47. The van der Waals surface area contributed by atoms with Crippen molar-refractivity contribution in [3.8, 4) is 5.75 Å². The molecule has 0 saturated heterocycles. The fraction of sp³-hybridized carbons (Fsp3) is 0.562. The molecule has 1 unspecified atom stereocenters. The number of rotatable bonds is 10. The van der Waals surface area contributed by atoms with Crippen molar-refractivity contribution in [3.63, 3.8) is 0 Å². The van der Waals surface area contributed by atoms with Crippen molar-refractivity contribution in [1.29, 1.82) is 0 Å². The van der Waals surface area contributed by atoms with Gasteiger partial charge < -0.3 is 15.8 Å². The molecule has 118 valence electrons. The maximum absolute atomic E-state index is 12.8. The van der Waals surface area contributed by atoms with Gasteiger partial charge in [0.25, 0.3) is 0 Å². The van der Waals surface area contributed by atoms with Crippen molar-refractivity contribution < 1.29 is 13.9 Å². The van der Waals surface area contributed by atoms with Crippen LogP contribution < -0.4 is 15.8 Å². The summed E-state index contributed by atoms with van der Waals surface area (Å²) in [6.07, 6.45) is 4.40. The third-order valence-corrected chi connectivity index (χ3v) is 3.10. The van der Waals surface area contributed by atoms with Crippen molar-refractivity contribution in [3.05, 3.63) is 30.1 Å². The average molecular weight is 296 g/mol. The van der Waals surface area contributed by atoms with Crippen molar-refractivity contribution in [1.82, 2.24) is 5.32 Å². The molecule has 21 heavy (non-hydrogen) atoms. The van der Waals surface area contributed by atoms with E-state index in [1.807, 2.05) is 6.92 Å². The molecule has 0 radical (unpaired) electrons. The molecule has 3 N–H and O–H groups in total. The van der Waals surface area contributed by atoms with Crippen molar-refractivity contribution >= 4 is 5.91 Å². The molecule has 0 heterocycles. The van der Waals surface area contributed by atoms with E-state index >= 15 is 0 Å². The summed E-state index contributed by atoms with van der Waals surface area (Å²) in [6, 6.07) is 5.85. The largest absolute Gasteiger partial charge is 0.489 e. The molecule has 1 aromatic carbocycles. The van der Waals surface area contributed by atoms with Crippen LogP contribution in [0.2, 0.25) is 0 Å². The van der Waals surface area contributed by atoms with Gasteiger partial charge in [0.1, 0.15) is 17.7 Å². The van der Waals surface area contributed by atoms with Crippen molar-refractivity contribution in [2.75, 3.05) is 13.1 Å². The number of hydrogen-bond acceptors (Lipinski definition) is 3. The van der Waals surface area contributed by atoms with Crippen LogP contribution in [0.5, 0.6) is 5.75 Å². The second-order valence-electron chi connectivity index (χ2n) is 5.14. The van der Waals surface area contributed by atoms with Crippen LogP contribution in [0.3, 0.4) is 0 Å². The summed E-state index contributed by atoms with van der Waals surface area (Å²) < 4.78 is 18.3. The Morgan fingerprint density at radius 2 is 1.90 bits per heavy atom. The monoisotopic (exact) mass is 296 g/mol. The highest BCUT2D eigenvalue weighted by Gasteiger charge is 2.07. The van der Waals surface area contributed by atoms with E-state index < -0.39 is 0 Å². The van der Waals surface area contributed by atoms with Gasteiger partial charge in [-0.2, -0.15) is 0 Å². The van der Waals surface area contributed by atoms with Crippen molar-refractivity contribution in [2.45, 2.75) is 45.1 Å². The lowest BCUT2D eigenvalue weighted by atomic mass is 10.1. The van der Waals surface area contributed by atoms with Gasteiger partial charge in [0.05, 0.1) is 6.54 Å². The van der Waals surface area contributed by atoms with Crippen LogP contribution in [-0.2, 0) is 4.79 Å². The second kappa shape index (κ2) is 10.2. The SMILES string of the molecule is CC(CNC(=O)CCCCCCN)Oc1ccc(F)cc1. The maximum Gasteiger partial charge on any atom is 0.220 e. The van der Waals surface area contributed by atoms with Gasteiger partial charge in [0, 0.05) is 6.42 Å². The highest BCUT2D eigenvalue weighted by atomic mass is 19.1. The molecule has 1 amide bonds. The molecule has 0 saturated carbocycles. The minimum Gasteiger partial charge on any atom is -0.489 e. The summed E-state index contributed by atoms with van der Waals surface area (Å²) >= 11 is 0. The lowest BCUT2D eigenvalue weighted by molar-refractivity contribution is -0.121. The van der Waals surface area contributed by atoms with E-state index in [4.69, 9.17) is 10.5 Å². The van der Waals surface area contributed by atoms with E-state index in [0.717, 1.165) is 25.7 Å². The zero-order valence-corrected chi connectivity index (χ0v) is 12.6. The number of carbonyl (C=O) groups is 1. The highest BCUT2D eigenvalue weighted by Crippen LogP contribution is 2.12. The summed E-state index contributed by atoms with van der Waals surface area (Å²) in [7, 11) is 0. The van der Waals surface area contributed by atoms with E-state index in [-0.39, 0.29) is 17.8 Å². The zero-order valence-electron chi connectivity index (χ0n) is 12.6. The molecular formula is C16H25FN2O2. The first-order valence-electron chi connectivity index (χ1n) is 7.51. The van der Waals surface area contributed by atoms with E-state index in [1.165, 1.54) is 12.1 Å². The van der Waals surface area contributed by atoms with Gasteiger partial charge in [0.15, 0.2) is 0 Å². The van der Waals surface area contributed by atoms with Crippen LogP contribution in [0.15, 0.2) is 24.3 Å². The molecule has 0 bridgehead atoms. The van der Waals surface area contributed by atoms with E-state index in [9.17, 15) is 9.18 Å². The fourth-order valence-corrected chi connectivity index (χ4v) is 1.92. The summed E-state index contributed by atoms with van der Waals surface area (Å²) in [5.41, 5.74) is 5.41. The number of ether oxygens (including phenoxy) is 1. The molecule has 0 spiro atoms. The smallest absolute Gasteiger partial charge is 0.220 e. The van der Waals surface area contributed by atoms with Gasteiger partial charge in [-0.1, -0.05) is 12.8 Å². The third-order valence-electron chi connectivity index (χ3n) is 3.10. The lowest BCUT2D eigenvalue weighted by Gasteiger charge is -2.15. The fourth-order valence-electron chi connectivity index (χ4n) is 1.92. The summed E-state index contributed by atoms with van der Waals surface area (Å²) in [5, 5.41) is 2.84. The Hall–Kier alpha value is -1.62. The number of benzene rings is 1. The molecular weight excluding hydrogens is 271 g/mol. The summed E-state index contributed by atoms with van der Waals surface area (Å²) in [4.78, 5) is 11.6. The molecule has 0 aromatic heterocycles. The number of carbonyl (C=O) groups excluding carboxylic acids is 1. The Morgan fingerprint density at radius 3 is 2.57 bits per heavy atom. The van der Waals surface area contributed by atoms with Crippen LogP contribution >= 0.6 is 0 Å². The maximum atomic E-state index is 12.8. The first kappa shape index (κ1) is 17.4. The molecule has 0 fully saturated rings. The Labute approximate surface area is 125 Å². The van der Waals surface area contributed by atoms with Crippen LogP contribution in [0.25, 0.3) is 0 Å². The van der Waals surface area contributed by atoms with Gasteiger partial charge in [-0.25, -0.2) is 4.39 Å². The number of nitrogens with two attached hydrogens (primary N) is 1.